The Labute approximate surface area is 89.1 Å². The highest BCUT2D eigenvalue weighted by Gasteiger charge is 1.93. The molecular formula is C11H17N3O. The maximum Gasteiger partial charge on any atom is 0.272 e. The maximum atomic E-state index is 11.1. The van der Waals surface area contributed by atoms with Gasteiger partial charge in [-0.2, -0.15) is 5.10 Å². The van der Waals surface area contributed by atoms with E-state index in [-0.39, 0.29) is 5.56 Å². The molecule has 4 nitrogen and oxygen atoms in total. The highest BCUT2D eigenvalue weighted by molar-refractivity contribution is 5.80. The van der Waals surface area contributed by atoms with Crippen molar-refractivity contribution in [3.8, 4) is 0 Å². The lowest BCUT2D eigenvalue weighted by Gasteiger charge is -1.91. The molecule has 0 fully saturated rings. The van der Waals surface area contributed by atoms with Crippen LogP contribution in [0, 0.1) is 0 Å². The number of hydrogen-bond acceptors (Lipinski definition) is 3. The molecule has 1 aromatic carbocycles. The van der Waals surface area contributed by atoms with E-state index in [2.05, 4.69) is 15.9 Å². The molecule has 0 atom stereocenters. The van der Waals surface area contributed by atoms with E-state index in [1.807, 2.05) is 32.0 Å². The molecule has 82 valence electrons. The summed E-state index contributed by atoms with van der Waals surface area (Å²) in [5.41, 5.74) is 4.36. The topological polar surface area (TPSA) is 71.8 Å². The van der Waals surface area contributed by atoms with Crippen molar-refractivity contribution in [1.82, 2.24) is 10.2 Å². The summed E-state index contributed by atoms with van der Waals surface area (Å²) in [7, 11) is 1.50. The van der Waals surface area contributed by atoms with Gasteiger partial charge in [-0.15, -0.1) is 0 Å². The predicted molar refractivity (Wildman–Crippen MR) is 63.8 cm³/mol. The van der Waals surface area contributed by atoms with Crippen LogP contribution in [0.4, 0.5) is 0 Å². The second kappa shape index (κ2) is 7.70. The summed E-state index contributed by atoms with van der Waals surface area (Å²) in [6.45, 7) is 4.00. The second-order valence-corrected chi connectivity index (χ2v) is 2.29. The van der Waals surface area contributed by atoms with Crippen LogP contribution in [-0.4, -0.2) is 17.2 Å². The standard InChI is InChI=1S/C8H6N2O.C2H6.CH5N/c11-8-7-4-2-1-3-6(7)5-9-10-8;2*1-2/h1-5H,(H,10,11);1-2H3;2H2,1H3. The molecule has 15 heavy (non-hydrogen) atoms. The molecule has 2 aromatic rings. The highest BCUT2D eigenvalue weighted by atomic mass is 16.1. The fourth-order valence-corrected chi connectivity index (χ4v) is 1.04. The first-order valence-electron chi connectivity index (χ1n) is 4.88. The van der Waals surface area contributed by atoms with Crippen molar-refractivity contribution >= 4 is 10.8 Å². The summed E-state index contributed by atoms with van der Waals surface area (Å²) in [5, 5.41) is 7.60. The third-order valence-electron chi connectivity index (χ3n) is 1.58. The molecule has 1 heterocycles. The minimum atomic E-state index is -0.136. The number of H-pyrrole nitrogens is 1. The fourth-order valence-electron chi connectivity index (χ4n) is 1.04. The molecule has 0 aliphatic heterocycles. The molecule has 0 radical (unpaired) electrons. The molecule has 0 saturated carbocycles. The summed E-state index contributed by atoms with van der Waals surface area (Å²) in [6.07, 6.45) is 1.64. The Morgan fingerprint density at radius 1 is 1.20 bits per heavy atom. The van der Waals surface area contributed by atoms with E-state index in [9.17, 15) is 4.79 Å². The van der Waals surface area contributed by atoms with Gasteiger partial charge in [0.25, 0.3) is 5.56 Å². The van der Waals surface area contributed by atoms with Crippen molar-refractivity contribution in [2.24, 2.45) is 5.73 Å². The van der Waals surface area contributed by atoms with Crippen LogP contribution >= 0.6 is 0 Å². The predicted octanol–water partition coefficient (Wildman–Crippen LogP) is 1.52. The van der Waals surface area contributed by atoms with Gasteiger partial charge < -0.3 is 5.73 Å². The quantitative estimate of drug-likeness (QED) is 0.688. The van der Waals surface area contributed by atoms with Gasteiger partial charge in [0.1, 0.15) is 0 Å². The van der Waals surface area contributed by atoms with Crippen LogP contribution in [0.5, 0.6) is 0 Å². The molecule has 0 unspecified atom stereocenters. The van der Waals surface area contributed by atoms with Crippen LogP contribution in [-0.2, 0) is 0 Å². The largest absolute Gasteiger partial charge is 0.333 e. The van der Waals surface area contributed by atoms with Gasteiger partial charge >= 0.3 is 0 Å². The Morgan fingerprint density at radius 2 is 1.80 bits per heavy atom. The Hall–Kier alpha value is -1.68. The number of hydrogen-bond donors (Lipinski definition) is 2. The lowest BCUT2D eigenvalue weighted by molar-refractivity contribution is 1.01. The number of aromatic nitrogens is 2. The smallest absolute Gasteiger partial charge is 0.272 e. The van der Waals surface area contributed by atoms with Crippen LogP contribution in [0.3, 0.4) is 0 Å². The normalized spacial score (nSPS) is 8.27. The summed E-state index contributed by atoms with van der Waals surface area (Å²) >= 11 is 0. The Morgan fingerprint density at radius 3 is 2.40 bits per heavy atom. The Bertz CT molecular complexity index is 432. The molecule has 0 bridgehead atoms. The average molecular weight is 207 g/mol. The van der Waals surface area contributed by atoms with Gasteiger partial charge in [0.15, 0.2) is 0 Å². The third kappa shape index (κ3) is 3.52. The monoisotopic (exact) mass is 207 g/mol. The fraction of sp³-hybridized carbons (Fsp3) is 0.273. The van der Waals surface area contributed by atoms with Gasteiger partial charge in [0.2, 0.25) is 0 Å². The summed E-state index contributed by atoms with van der Waals surface area (Å²) in [6, 6.07) is 7.34. The van der Waals surface area contributed by atoms with Gasteiger partial charge in [-0.25, -0.2) is 5.10 Å². The van der Waals surface area contributed by atoms with Gasteiger partial charge in [-0.3, -0.25) is 4.79 Å². The SMILES string of the molecule is CC.CN.O=c1[nH]ncc2ccccc12. The van der Waals surface area contributed by atoms with Crippen LogP contribution in [0.15, 0.2) is 35.3 Å². The van der Waals surface area contributed by atoms with Gasteiger partial charge in [-0.05, 0) is 13.1 Å². The zero-order valence-corrected chi connectivity index (χ0v) is 9.32. The van der Waals surface area contributed by atoms with Crippen molar-refractivity contribution in [1.29, 1.82) is 0 Å². The van der Waals surface area contributed by atoms with Crippen molar-refractivity contribution in [3.63, 3.8) is 0 Å². The molecule has 2 rings (SSSR count). The maximum absolute atomic E-state index is 11.1. The summed E-state index contributed by atoms with van der Waals surface area (Å²) in [4.78, 5) is 11.1. The molecule has 4 heteroatoms. The van der Waals surface area contributed by atoms with E-state index in [1.54, 1.807) is 12.3 Å². The minimum absolute atomic E-state index is 0.136. The third-order valence-corrected chi connectivity index (χ3v) is 1.58. The zero-order valence-electron chi connectivity index (χ0n) is 9.32. The number of benzene rings is 1. The van der Waals surface area contributed by atoms with Crippen LogP contribution in [0.25, 0.3) is 10.8 Å². The number of nitrogens with zero attached hydrogens (tertiary/aromatic N) is 1. The molecule has 0 spiro atoms. The van der Waals surface area contributed by atoms with Crippen molar-refractivity contribution in [3.05, 3.63) is 40.8 Å². The molecule has 3 N–H and O–H groups in total. The average Bonchev–Trinajstić information content (AvgIpc) is 2.35. The number of nitrogens with one attached hydrogen (secondary N) is 1. The number of nitrogens with two attached hydrogens (primary N) is 1. The lowest BCUT2D eigenvalue weighted by Crippen LogP contribution is -2.06. The van der Waals surface area contributed by atoms with Gasteiger partial charge in [0.05, 0.1) is 6.20 Å². The van der Waals surface area contributed by atoms with E-state index in [4.69, 9.17) is 0 Å². The first-order valence-corrected chi connectivity index (χ1v) is 4.88. The van der Waals surface area contributed by atoms with E-state index in [0.717, 1.165) is 5.39 Å². The summed E-state index contributed by atoms with van der Waals surface area (Å²) in [5.74, 6) is 0. The lowest BCUT2D eigenvalue weighted by atomic mass is 10.2. The number of aromatic amines is 1. The van der Waals surface area contributed by atoms with Crippen molar-refractivity contribution in [2.75, 3.05) is 7.05 Å². The Kier molecular flexibility index (Phi) is 6.84. The molecule has 0 aliphatic carbocycles. The zero-order chi connectivity index (χ0) is 11.7. The molecule has 0 saturated heterocycles. The molecule has 1 aromatic heterocycles. The number of rotatable bonds is 0. The van der Waals surface area contributed by atoms with Crippen LogP contribution < -0.4 is 11.3 Å². The molecule has 0 aliphatic rings. The van der Waals surface area contributed by atoms with E-state index < -0.39 is 0 Å². The first-order chi connectivity index (χ1) is 7.38. The second-order valence-electron chi connectivity index (χ2n) is 2.29. The first kappa shape index (κ1) is 13.3. The number of fused-ring (bicyclic) bond motifs is 1. The Balaban J connectivity index is 0.000000442. The van der Waals surface area contributed by atoms with Crippen LogP contribution in [0.1, 0.15) is 13.8 Å². The van der Waals surface area contributed by atoms with Gasteiger partial charge in [-0.1, -0.05) is 32.0 Å². The van der Waals surface area contributed by atoms with Crippen molar-refractivity contribution < 1.29 is 0 Å². The molecule has 0 amide bonds. The van der Waals surface area contributed by atoms with E-state index in [1.165, 1.54) is 7.05 Å². The van der Waals surface area contributed by atoms with E-state index >= 15 is 0 Å². The van der Waals surface area contributed by atoms with Crippen molar-refractivity contribution in [2.45, 2.75) is 13.8 Å². The highest BCUT2D eigenvalue weighted by Crippen LogP contribution is 2.04. The van der Waals surface area contributed by atoms with E-state index in [0.29, 0.717) is 5.39 Å². The van der Waals surface area contributed by atoms with Gasteiger partial charge in [0, 0.05) is 10.8 Å². The molecular weight excluding hydrogens is 190 g/mol. The minimum Gasteiger partial charge on any atom is -0.333 e. The summed E-state index contributed by atoms with van der Waals surface area (Å²) < 4.78 is 0. The van der Waals surface area contributed by atoms with Crippen LogP contribution in [0.2, 0.25) is 0 Å².